The van der Waals surface area contributed by atoms with Crippen LogP contribution in [0.25, 0.3) is 0 Å². The highest BCUT2D eigenvalue weighted by Gasteiger charge is 2.12. The van der Waals surface area contributed by atoms with E-state index in [1.807, 2.05) is 11.8 Å². The summed E-state index contributed by atoms with van der Waals surface area (Å²) in [5, 5.41) is 4.47. The van der Waals surface area contributed by atoms with Gasteiger partial charge in [0.25, 0.3) is 0 Å². The molecule has 1 rings (SSSR count). The fraction of sp³-hybridized carbons (Fsp3) is 0.917. The van der Waals surface area contributed by atoms with Gasteiger partial charge in [0.05, 0.1) is 13.2 Å². The molecule has 0 amide bonds. The first-order chi connectivity index (χ1) is 7.68. The third-order valence-electron chi connectivity index (χ3n) is 2.49. The molecular weight excluding hydrogens is 220 g/mol. The topological polar surface area (TPSA) is 33.6 Å². The van der Waals surface area contributed by atoms with Gasteiger partial charge in [0, 0.05) is 18.4 Å². The van der Waals surface area contributed by atoms with E-state index < -0.39 is 0 Å². The van der Waals surface area contributed by atoms with Crippen molar-refractivity contribution in [3.05, 3.63) is 0 Å². The van der Waals surface area contributed by atoms with Crippen LogP contribution < -0.4 is 5.32 Å². The van der Waals surface area contributed by atoms with Crippen molar-refractivity contribution in [1.82, 2.24) is 5.32 Å². The predicted molar refractivity (Wildman–Crippen MR) is 72.2 cm³/mol. The van der Waals surface area contributed by atoms with Crippen molar-refractivity contribution >= 4 is 16.9 Å². The SMILES string of the molecule is CC(C)CCOCCN=C1NC(C)CCS1. The van der Waals surface area contributed by atoms with E-state index in [0.717, 1.165) is 37.3 Å². The highest BCUT2D eigenvalue weighted by molar-refractivity contribution is 8.13. The highest BCUT2D eigenvalue weighted by atomic mass is 32.2. The van der Waals surface area contributed by atoms with Crippen LogP contribution in [-0.2, 0) is 4.74 Å². The molecule has 1 unspecified atom stereocenters. The number of ether oxygens (including phenoxy) is 1. The lowest BCUT2D eigenvalue weighted by molar-refractivity contribution is 0.131. The van der Waals surface area contributed by atoms with E-state index in [-0.39, 0.29) is 0 Å². The van der Waals surface area contributed by atoms with Gasteiger partial charge in [0.2, 0.25) is 0 Å². The van der Waals surface area contributed by atoms with Crippen LogP contribution in [0.1, 0.15) is 33.6 Å². The van der Waals surface area contributed by atoms with Crippen LogP contribution >= 0.6 is 11.8 Å². The minimum atomic E-state index is 0.571. The monoisotopic (exact) mass is 244 g/mol. The van der Waals surface area contributed by atoms with Crippen molar-refractivity contribution in [1.29, 1.82) is 0 Å². The number of nitrogens with zero attached hydrogens (tertiary/aromatic N) is 1. The normalized spacial score (nSPS) is 23.8. The zero-order chi connectivity index (χ0) is 11.8. The van der Waals surface area contributed by atoms with E-state index in [9.17, 15) is 0 Å². The maximum Gasteiger partial charge on any atom is 0.156 e. The summed E-state index contributed by atoms with van der Waals surface area (Å²) in [7, 11) is 0. The van der Waals surface area contributed by atoms with Gasteiger partial charge in [-0.05, 0) is 25.7 Å². The van der Waals surface area contributed by atoms with Crippen LogP contribution in [0.3, 0.4) is 0 Å². The average molecular weight is 244 g/mol. The number of thioether (sulfide) groups is 1. The Morgan fingerprint density at radius 3 is 3.00 bits per heavy atom. The largest absolute Gasteiger partial charge is 0.380 e. The Bertz CT molecular complexity index is 219. The molecule has 0 bridgehead atoms. The number of rotatable bonds is 6. The maximum absolute atomic E-state index is 5.52. The summed E-state index contributed by atoms with van der Waals surface area (Å²) in [6, 6.07) is 0.571. The second kappa shape index (κ2) is 7.96. The van der Waals surface area contributed by atoms with Gasteiger partial charge in [-0.3, -0.25) is 4.99 Å². The van der Waals surface area contributed by atoms with Gasteiger partial charge in [-0.15, -0.1) is 0 Å². The number of amidine groups is 1. The molecule has 16 heavy (non-hydrogen) atoms. The maximum atomic E-state index is 5.52. The second-order valence-corrected chi connectivity index (χ2v) is 5.75. The van der Waals surface area contributed by atoms with Gasteiger partial charge >= 0.3 is 0 Å². The Kier molecular flexibility index (Phi) is 6.88. The van der Waals surface area contributed by atoms with Gasteiger partial charge < -0.3 is 10.1 Å². The third kappa shape index (κ3) is 6.38. The number of hydrogen-bond donors (Lipinski definition) is 1. The summed E-state index contributed by atoms with van der Waals surface area (Å²) in [5.74, 6) is 1.91. The molecule has 0 radical (unpaired) electrons. The Balaban J connectivity index is 2.03. The summed E-state index contributed by atoms with van der Waals surface area (Å²) in [4.78, 5) is 4.49. The van der Waals surface area contributed by atoms with Gasteiger partial charge in [-0.1, -0.05) is 25.6 Å². The van der Waals surface area contributed by atoms with E-state index in [1.165, 1.54) is 12.2 Å². The fourth-order valence-corrected chi connectivity index (χ4v) is 2.51. The van der Waals surface area contributed by atoms with Crippen LogP contribution in [0.4, 0.5) is 0 Å². The molecule has 0 aromatic rings. The Morgan fingerprint density at radius 1 is 1.50 bits per heavy atom. The van der Waals surface area contributed by atoms with Crippen molar-refractivity contribution in [2.24, 2.45) is 10.9 Å². The lowest BCUT2D eigenvalue weighted by Gasteiger charge is -2.21. The van der Waals surface area contributed by atoms with Gasteiger partial charge in [-0.25, -0.2) is 0 Å². The summed E-state index contributed by atoms with van der Waals surface area (Å²) in [6.07, 6.45) is 2.37. The lowest BCUT2D eigenvalue weighted by Crippen LogP contribution is -2.35. The van der Waals surface area contributed by atoms with Crippen molar-refractivity contribution in [2.75, 3.05) is 25.5 Å². The Hall–Kier alpha value is -0.220. The quantitative estimate of drug-likeness (QED) is 0.729. The summed E-state index contributed by atoms with van der Waals surface area (Å²) >= 11 is 1.82. The van der Waals surface area contributed by atoms with Gasteiger partial charge in [0.1, 0.15) is 0 Å². The number of aliphatic imine (C=N–C) groups is 1. The minimum Gasteiger partial charge on any atom is -0.380 e. The van der Waals surface area contributed by atoms with E-state index >= 15 is 0 Å². The minimum absolute atomic E-state index is 0.571. The van der Waals surface area contributed by atoms with Crippen molar-refractivity contribution < 1.29 is 4.74 Å². The first-order valence-corrected chi connectivity index (χ1v) is 7.18. The van der Waals surface area contributed by atoms with Crippen molar-refractivity contribution in [3.63, 3.8) is 0 Å². The van der Waals surface area contributed by atoms with Crippen LogP contribution in [-0.4, -0.2) is 36.7 Å². The molecule has 1 saturated heterocycles. The predicted octanol–water partition coefficient (Wildman–Crippen LogP) is 2.52. The Morgan fingerprint density at radius 2 is 2.31 bits per heavy atom. The molecule has 1 atom stereocenters. The van der Waals surface area contributed by atoms with Gasteiger partial charge in [-0.2, -0.15) is 0 Å². The smallest absolute Gasteiger partial charge is 0.156 e. The number of hydrogen-bond acceptors (Lipinski definition) is 3. The van der Waals surface area contributed by atoms with E-state index in [2.05, 4.69) is 31.1 Å². The summed E-state index contributed by atoms with van der Waals surface area (Å²) < 4.78 is 5.52. The molecule has 4 heteroatoms. The summed E-state index contributed by atoms with van der Waals surface area (Å²) in [6.45, 7) is 9.02. The average Bonchev–Trinajstić information content (AvgIpc) is 2.23. The lowest BCUT2D eigenvalue weighted by atomic mass is 10.1. The van der Waals surface area contributed by atoms with Crippen LogP contribution in [0, 0.1) is 5.92 Å². The van der Waals surface area contributed by atoms with Crippen LogP contribution in [0.5, 0.6) is 0 Å². The molecule has 0 saturated carbocycles. The molecule has 0 spiro atoms. The molecule has 94 valence electrons. The van der Waals surface area contributed by atoms with Crippen molar-refractivity contribution in [2.45, 2.75) is 39.7 Å². The van der Waals surface area contributed by atoms with Gasteiger partial charge in [0.15, 0.2) is 5.17 Å². The zero-order valence-corrected chi connectivity index (χ0v) is 11.5. The molecular formula is C12H24N2OS. The molecule has 1 aliphatic heterocycles. The van der Waals surface area contributed by atoms with E-state index in [4.69, 9.17) is 4.74 Å². The molecule has 0 aromatic carbocycles. The van der Waals surface area contributed by atoms with Crippen LogP contribution in [0.15, 0.2) is 4.99 Å². The van der Waals surface area contributed by atoms with Crippen molar-refractivity contribution in [3.8, 4) is 0 Å². The third-order valence-corrected chi connectivity index (χ3v) is 3.45. The molecule has 1 N–H and O–H groups in total. The van der Waals surface area contributed by atoms with E-state index in [1.54, 1.807) is 0 Å². The first kappa shape index (κ1) is 13.8. The molecule has 1 fully saturated rings. The number of nitrogens with one attached hydrogen (secondary N) is 1. The molecule has 3 nitrogen and oxygen atoms in total. The standard InChI is InChI=1S/C12H24N2OS/c1-10(2)4-7-15-8-6-13-12-14-11(3)5-9-16-12/h10-11H,4-9H2,1-3H3,(H,13,14). The second-order valence-electron chi connectivity index (χ2n) is 4.66. The van der Waals surface area contributed by atoms with Crippen LogP contribution in [0.2, 0.25) is 0 Å². The first-order valence-electron chi connectivity index (χ1n) is 6.20. The molecule has 0 aromatic heterocycles. The summed E-state index contributed by atoms with van der Waals surface area (Å²) in [5.41, 5.74) is 0. The Labute approximate surface area is 103 Å². The highest BCUT2D eigenvalue weighted by Crippen LogP contribution is 2.13. The zero-order valence-electron chi connectivity index (χ0n) is 10.7. The molecule has 1 heterocycles. The fourth-order valence-electron chi connectivity index (χ4n) is 1.38. The molecule has 0 aliphatic carbocycles. The van der Waals surface area contributed by atoms with E-state index in [0.29, 0.717) is 6.04 Å². The molecule has 1 aliphatic rings.